The Kier molecular flexibility index (Phi) is 6.47. The van der Waals surface area contributed by atoms with E-state index in [1.807, 2.05) is 0 Å². The number of carbonyl (C=O) groups is 1. The van der Waals surface area contributed by atoms with E-state index in [-0.39, 0.29) is 18.6 Å². The smallest absolute Gasteiger partial charge is 0.307 e. The highest BCUT2D eigenvalue weighted by molar-refractivity contribution is 5.70. The zero-order chi connectivity index (χ0) is 12.7. The molecule has 0 bridgehead atoms. The van der Waals surface area contributed by atoms with Crippen LogP contribution in [0.4, 0.5) is 0 Å². The molecule has 1 rings (SSSR count). The largest absolute Gasteiger partial charge is 0.481 e. The van der Waals surface area contributed by atoms with Crippen molar-refractivity contribution in [1.82, 2.24) is 10.2 Å². The van der Waals surface area contributed by atoms with Gasteiger partial charge in [-0.25, -0.2) is 0 Å². The Balaban J connectivity index is 2.46. The van der Waals surface area contributed by atoms with E-state index in [1.165, 1.54) is 0 Å². The molecule has 0 aliphatic carbocycles. The van der Waals surface area contributed by atoms with Crippen molar-refractivity contribution in [2.45, 2.75) is 32.2 Å². The molecule has 1 aliphatic heterocycles. The van der Waals surface area contributed by atoms with Gasteiger partial charge in [-0.2, -0.15) is 0 Å². The molecule has 0 aromatic heterocycles. The highest BCUT2D eigenvalue weighted by Crippen LogP contribution is 2.17. The molecule has 1 aliphatic rings. The van der Waals surface area contributed by atoms with Crippen LogP contribution in [0.1, 0.15) is 26.2 Å². The lowest BCUT2D eigenvalue weighted by Crippen LogP contribution is -2.51. The van der Waals surface area contributed by atoms with Gasteiger partial charge in [0.1, 0.15) is 0 Å². The molecule has 0 spiro atoms. The van der Waals surface area contributed by atoms with Gasteiger partial charge in [0, 0.05) is 25.7 Å². The number of rotatable bonds is 7. The van der Waals surface area contributed by atoms with Gasteiger partial charge in [0.15, 0.2) is 0 Å². The maximum atomic E-state index is 11.1. The Morgan fingerprint density at radius 2 is 2.24 bits per heavy atom. The van der Waals surface area contributed by atoms with Gasteiger partial charge < -0.3 is 20.4 Å². The van der Waals surface area contributed by atoms with Crippen LogP contribution in [-0.2, 0) is 4.79 Å². The van der Waals surface area contributed by atoms with Gasteiger partial charge in [-0.3, -0.25) is 4.79 Å². The van der Waals surface area contributed by atoms with Gasteiger partial charge in [-0.1, -0.05) is 13.3 Å². The maximum Gasteiger partial charge on any atom is 0.307 e. The number of aliphatic hydroxyl groups is 1. The summed E-state index contributed by atoms with van der Waals surface area (Å²) in [5.74, 6) is -0.987. The van der Waals surface area contributed by atoms with Crippen LogP contribution in [0.5, 0.6) is 0 Å². The first-order chi connectivity index (χ1) is 8.17. The zero-order valence-electron chi connectivity index (χ0n) is 10.6. The number of hydrogen-bond acceptors (Lipinski definition) is 4. The molecule has 3 N–H and O–H groups in total. The summed E-state index contributed by atoms with van der Waals surface area (Å²) in [6.45, 7) is 5.30. The van der Waals surface area contributed by atoms with Crippen molar-refractivity contribution in [3.05, 3.63) is 0 Å². The number of carboxylic acids is 1. The van der Waals surface area contributed by atoms with Crippen molar-refractivity contribution in [1.29, 1.82) is 0 Å². The molecule has 0 aromatic carbocycles. The average Bonchev–Trinajstić information content (AvgIpc) is 2.33. The fraction of sp³-hybridized carbons (Fsp3) is 0.917. The SMILES string of the molecule is CCCCN1CC(NCCO)CC(C(=O)O)C1. The zero-order valence-corrected chi connectivity index (χ0v) is 10.6. The molecular weight excluding hydrogens is 220 g/mol. The Labute approximate surface area is 103 Å². The monoisotopic (exact) mass is 244 g/mol. The Bertz CT molecular complexity index is 220. The first-order valence-corrected chi connectivity index (χ1v) is 6.46. The fourth-order valence-electron chi connectivity index (χ4n) is 2.35. The van der Waals surface area contributed by atoms with Gasteiger partial charge in [-0.15, -0.1) is 0 Å². The summed E-state index contributed by atoms with van der Waals surface area (Å²) in [4.78, 5) is 13.3. The molecule has 2 unspecified atom stereocenters. The van der Waals surface area contributed by atoms with Crippen molar-refractivity contribution >= 4 is 5.97 Å². The molecule has 1 fully saturated rings. The van der Waals surface area contributed by atoms with E-state index >= 15 is 0 Å². The lowest BCUT2D eigenvalue weighted by Gasteiger charge is -2.36. The molecule has 0 radical (unpaired) electrons. The summed E-state index contributed by atoms with van der Waals surface area (Å²) in [5.41, 5.74) is 0. The van der Waals surface area contributed by atoms with E-state index in [4.69, 9.17) is 10.2 Å². The van der Waals surface area contributed by atoms with E-state index < -0.39 is 5.97 Å². The van der Waals surface area contributed by atoms with Crippen LogP contribution in [0.2, 0.25) is 0 Å². The number of piperidine rings is 1. The van der Waals surface area contributed by atoms with E-state index in [2.05, 4.69) is 17.1 Å². The van der Waals surface area contributed by atoms with E-state index in [1.54, 1.807) is 0 Å². The maximum absolute atomic E-state index is 11.1. The first-order valence-electron chi connectivity index (χ1n) is 6.46. The van der Waals surface area contributed by atoms with Crippen molar-refractivity contribution in [3.8, 4) is 0 Å². The van der Waals surface area contributed by atoms with E-state index in [0.29, 0.717) is 19.5 Å². The molecule has 100 valence electrons. The predicted octanol–water partition coefficient (Wildman–Crippen LogP) is 0.144. The van der Waals surface area contributed by atoms with E-state index in [0.717, 1.165) is 25.9 Å². The average molecular weight is 244 g/mol. The van der Waals surface area contributed by atoms with Gasteiger partial charge >= 0.3 is 5.97 Å². The molecule has 17 heavy (non-hydrogen) atoms. The standard InChI is InChI=1S/C12H24N2O3/c1-2-3-5-14-8-10(12(16)17)7-11(9-14)13-4-6-15/h10-11,13,15H,2-9H2,1H3,(H,16,17). The molecule has 1 saturated heterocycles. The van der Waals surface area contributed by atoms with Gasteiger partial charge in [0.05, 0.1) is 12.5 Å². The predicted molar refractivity (Wildman–Crippen MR) is 66.0 cm³/mol. The Hall–Kier alpha value is -0.650. The quantitative estimate of drug-likeness (QED) is 0.594. The lowest BCUT2D eigenvalue weighted by atomic mass is 9.94. The first kappa shape index (κ1) is 14.4. The number of nitrogens with one attached hydrogen (secondary N) is 1. The number of unbranched alkanes of at least 4 members (excludes halogenated alkanes) is 1. The Morgan fingerprint density at radius 1 is 1.47 bits per heavy atom. The fourth-order valence-corrected chi connectivity index (χ4v) is 2.35. The molecule has 5 nitrogen and oxygen atoms in total. The van der Waals surface area contributed by atoms with Crippen molar-refractivity contribution in [3.63, 3.8) is 0 Å². The van der Waals surface area contributed by atoms with Crippen LogP contribution in [0.15, 0.2) is 0 Å². The van der Waals surface area contributed by atoms with Crippen LogP contribution in [0.3, 0.4) is 0 Å². The minimum atomic E-state index is -0.706. The van der Waals surface area contributed by atoms with Crippen molar-refractivity contribution < 1.29 is 15.0 Å². The minimum absolute atomic E-state index is 0.100. The van der Waals surface area contributed by atoms with Crippen molar-refractivity contribution in [2.75, 3.05) is 32.8 Å². The number of aliphatic hydroxyl groups excluding tert-OH is 1. The molecule has 1 heterocycles. The highest BCUT2D eigenvalue weighted by atomic mass is 16.4. The van der Waals surface area contributed by atoms with Crippen LogP contribution < -0.4 is 5.32 Å². The van der Waals surface area contributed by atoms with Crippen LogP contribution in [0.25, 0.3) is 0 Å². The summed E-state index contributed by atoms with van der Waals surface area (Å²) in [6.07, 6.45) is 2.90. The minimum Gasteiger partial charge on any atom is -0.481 e. The van der Waals surface area contributed by atoms with Gasteiger partial charge in [-0.05, 0) is 19.4 Å². The second kappa shape index (κ2) is 7.63. The molecular formula is C12H24N2O3. The van der Waals surface area contributed by atoms with Crippen LogP contribution >= 0.6 is 0 Å². The van der Waals surface area contributed by atoms with Crippen LogP contribution in [0, 0.1) is 5.92 Å². The highest BCUT2D eigenvalue weighted by Gasteiger charge is 2.30. The van der Waals surface area contributed by atoms with E-state index in [9.17, 15) is 4.79 Å². The summed E-state index contributed by atoms with van der Waals surface area (Å²) in [5, 5.41) is 21.1. The normalized spacial score (nSPS) is 26.0. The number of nitrogens with zero attached hydrogens (tertiary/aromatic N) is 1. The summed E-state index contributed by atoms with van der Waals surface area (Å²) >= 11 is 0. The summed E-state index contributed by atoms with van der Waals surface area (Å²) in [7, 11) is 0. The third kappa shape index (κ3) is 5.02. The van der Waals surface area contributed by atoms with Gasteiger partial charge in [0.2, 0.25) is 0 Å². The number of aliphatic carboxylic acids is 1. The molecule has 0 aromatic rings. The summed E-state index contributed by atoms with van der Waals surface area (Å²) < 4.78 is 0. The van der Waals surface area contributed by atoms with Crippen molar-refractivity contribution in [2.24, 2.45) is 5.92 Å². The van der Waals surface area contributed by atoms with Crippen LogP contribution in [-0.4, -0.2) is 59.9 Å². The number of carboxylic acid groups (broad SMARTS) is 1. The third-order valence-corrected chi connectivity index (χ3v) is 3.25. The molecule has 5 heteroatoms. The summed E-state index contributed by atoms with van der Waals surface area (Å²) in [6, 6.07) is 0.189. The second-order valence-corrected chi connectivity index (χ2v) is 4.76. The topological polar surface area (TPSA) is 72.8 Å². The van der Waals surface area contributed by atoms with Gasteiger partial charge in [0.25, 0.3) is 0 Å². The third-order valence-electron chi connectivity index (χ3n) is 3.25. The number of hydrogen-bond donors (Lipinski definition) is 3. The molecule has 0 amide bonds. The lowest BCUT2D eigenvalue weighted by molar-refractivity contribution is -0.144. The second-order valence-electron chi connectivity index (χ2n) is 4.76. The molecule has 2 atom stereocenters. The Morgan fingerprint density at radius 3 is 2.82 bits per heavy atom. The molecule has 0 saturated carbocycles. The number of likely N-dealkylation sites (tertiary alicyclic amines) is 1.